The maximum Gasteiger partial charge on any atom is 0.265 e. The van der Waals surface area contributed by atoms with Crippen molar-refractivity contribution in [3.8, 4) is 0 Å². The summed E-state index contributed by atoms with van der Waals surface area (Å²) in [5.74, 6) is -0.660. The Balaban J connectivity index is 1.61. The first kappa shape index (κ1) is 20.8. The van der Waals surface area contributed by atoms with Crippen LogP contribution in [0.5, 0.6) is 0 Å². The predicted molar refractivity (Wildman–Crippen MR) is 119 cm³/mol. The minimum atomic E-state index is -0.533. The van der Waals surface area contributed by atoms with Gasteiger partial charge in [0.05, 0.1) is 0 Å². The summed E-state index contributed by atoms with van der Waals surface area (Å²) >= 11 is 0. The van der Waals surface area contributed by atoms with Crippen LogP contribution in [0.15, 0.2) is 53.5 Å². The van der Waals surface area contributed by atoms with Gasteiger partial charge in [0.1, 0.15) is 25.6 Å². The monoisotopic (exact) mass is 414 g/mol. The zero-order valence-corrected chi connectivity index (χ0v) is 17.6. The molecule has 3 heterocycles. The molecule has 2 aromatic heterocycles. The number of carbonyl (C=O) groups is 2. The van der Waals surface area contributed by atoms with E-state index in [0.29, 0.717) is 29.6 Å². The van der Waals surface area contributed by atoms with Gasteiger partial charge in [0.25, 0.3) is 11.5 Å². The molecular formula is C23H23BN4O3. The molecule has 0 saturated carbocycles. The topological polar surface area (TPSA) is 84.3 Å². The van der Waals surface area contributed by atoms with Crippen LogP contribution >= 0.6 is 0 Å². The normalized spacial score (nSPS) is 14.8. The number of hydrogen-bond acceptors (Lipinski definition) is 4. The molecule has 1 aliphatic rings. The number of likely N-dealkylation sites (tertiary alicyclic amines) is 1. The minimum absolute atomic E-state index is 0.0207. The van der Waals surface area contributed by atoms with Crippen LogP contribution in [0.1, 0.15) is 29.8 Å². The largest absolute Gasteiger partial charge is 0.348 e. The van der Waals surface area contributed by atoms with E-state index in [1.54, 1.807) is 35.4 Å². The summed E-state index contributed by atoms with van der Waals surface area (Å²) in [6.07, 6.45) is 1.57. The second-order valence-corrected chi connectivity index (χ2v) is 8.70. The first-order valence-electron chi connectivity index (χ1n) is 10.1. The molecule has 1 aromatic carbocycles. The Hall–Kier alpha value is -3.42. The number of amides is 2. The molecule has 0 atom stereocenters. The number of rotatable bonds is 5. The molecule has 4 rings (SSSR count). The molecule has 1 fully saturated rings. The number of fused-ring (bicyclic) bond motifs is 1. The lowest BCUT2D eigenvalue weighted by Gasteiger charge is -2.45. The molecule has 0 aliphatic carbocycles. The van der Waals surface area contributed by atoms with E-state index >= 15 is 0 Å². The van der Waals surface area contributed by atoms with Gasteiger partial charge in [0.15, 0.2) is 0 Å². The quantitative estimate of drug-likeness (QED) is 0.632. The average Bonchev–Trinajstić information content (AvgIpc) is 2.73. The van der Waals surface area contributed by atoms with E-state index in [0.717, 1.165) is 5.56 Å². The van der Waals surface area contributed by atoms with Crippen molar-refractivity contribution < 1.29 is 9.59 Å². The highest BCUT2D eigenvalue weighted by Crippen LogP contribution is 2.28. The number of hydrogen-bond donors (Lipinski definition) is 1. The number of aromatic nitrogens is 2. The molecule has 8 heteroatoms. The van der Waals surface area contributed by atoms with E-state index < -0.39 is 11.5 Å². The van der Waals surface area contributed by atoms with Gasteiger partial charge < -0.3 is 10.2 Å². The molecule has 0 unspecified atom stereocenters. The molecule has 1 aliphatic heterocycles. The predicted octanol–water partition coefficient (Wildman–Crippen LogP) is 0.989. The van der Waals surface area contributed by atoms with Crippen molar-refractivity contribution in [3.05, 3.63) is 70.1 Å². The molecule has 7 nitrogen and oxygen atoms in total. The summed E-state index contributed by atoms with van der Waals surface area (Å²) < 4.78 is 1.29. The number of benzene rings is 1. The highest BCUT2D eigenvalue weighted by atomic mass is 16.2. The van der Waals surface area contributed by atoms with Crippen molar-refractivity contribution in [3.63, 3.8) is 0 Å². The smallest absolute Gasteiger partial charge is 0.265 e. The third-order valence-electron chi connectivity index (χ3n) is 5.41. The van der Waals surface area contributed by atoms with Crippen molar-refractivity contribution in [2.45, 2.75) is 26.9 Å². The number of nitrogens with zero attached hydrogens (tertiary/aromatic N) is 3. The van der Waals surface area contributed by atoms with Crippen molar-refractivity contribution in [1.29, 1.82) is 0 Å². The Morgan fingerprint density at radius 2 is 1.87 bits per heavy atom. The summed E-state index contributed by atoms with van der Waals surface area (Å²) in [6, 6.07) is 12.1. The second kappa shape index (κ2) is 8.02. The molecular weight excluding hydrogens is 391 g/mol. The second-order valence-electron chi connectivity index (χ2n) is 8.70. The molecule has 156 valence electrons. The lowest BCUT2D eigenvalue weighted by molar-refractivity contribution is -0.142. The van der Waals surface area contributed by atoms with Gasteiger partial charge in [-0.25, -0.2) is 4.98 Å². The Morgan fingerprint density at radius 3 is 2.55 bits per heavy atom. The number of pyridine rings is 2. The first-order valence-corrected chi connectivity index (χ1v) is 10.1. The van der Waals surface area contributed by atoms with Crippen molar-refractivity contribution in [2.24, 2.45) is 5.41 Å². The van der Waals surface area contributed by atoms with Crippen molar-refractivity contribution >= 4 is 36.2 Å². The van der Waals surface area contributed by atoms with Gasteiger partial charge in [0, 0.05) is 31.2 Å². The fourth-order valence-corrected chi connectivity index (χ4v) is 3.83. The van der Waals surface area contributed by atoms with Gasteiger partial charge >= 0.3 is 0 Å². The molecule has 2 radical (unpaired) electrons. The third kappa shape index (κ3) is 4.38. The Morgan fingerprint density at radius 1 is 1.16 bits per heavy atom. The molecule has 1 saturated heterocycles. The SMILES string of the molecule is [B]c1ccc(CNC(=O)c2cc3cccnc3n(CC(=O)N3CC(C)(C)C3)c2=O)cc1. The van der Waals surface area contributed by atoms with E-state index in [1.807, 2.05) is 12.1 Å². The van der Waals surface area contributed by atoms with Gasteiger partial charge in [-0.1, -0.05) is 43.6 Å². The molecule has 1 N–H and O–H groups in total. The van der Waals surface area contributed by atoms with E-state index in [9.17, 15) is 14.4 Å². The van der Waals surface area contributed by atoms with E-state index in [1.165, 1.54) is 10.6 Å². The molecule has 2 amide bonds. The van der Waals surface area contributed by atoms with Gasteiger partial charge in [-0.3, -0.25) is 19.0 Å². The lowest BCUT2D eigenvalue weighted by atomic mass is 9.84. The van der Waals surface area contributed by atoms with Crippen LogP contribution in [-0.2, 0) is 17.9 Å². The molecule has 0 bridgehead atoms. The van der Waals surface area contributed by atoms with E-state index in [2.05, 4.69) is 24.1 Å². The fourth-order valence-electron chi connectivity index (χ4n) is 3.83. The Bertz CT molecular complexity index is 1210. The van der Waals surface area contributed by atoms with Crippen molar-refractivity contribution in [1.82, 2.24) is 19.8 Å². The van der Waals surface area contributed by atoms with Crippen LogP contribution in [0, 0.1) is 5.41 Å². The summed E-state index contributed by atoms with van der Waals surface area (Å²) in [5.41, 5.74) is 1.42. The molecule has 31 heavy (non-hydrogen) atoms. The van der Waals surface area contributed by atoms with Gasteiger partial charge in [-0.2, -0.15) is 0 Å². The van der Waals surface area contributed by atoms with E-state index in [4.69, 9.17) is 7.85 Å². The Labute approximate surface area is 181 Å². The average molecular weight is 414 g/mol. The van der Waals surface area contributed by atoms with Crippen LogP contribution in [0.2, 0.25) is 0 Å². The number of nitrogens with one attached hydrogen (secondary N) is 1. The van der Waals surface area contributed by atoms with Crippen LogP contribution < -0.4 is 16.3 Å². The van der Waals surface area contributed by atoms with Gasteiger partial charge in [0.2, 0.25) is 5.91 Å². The maximum absolute atomic E-state index is 13.1. The molecule has 3 aromatic rings. The van der Waals surface area contributed by atoms with E-state index in [-0.39, 0.29) is 30.0 Å². The summed E-state index contributed by atoms with van der Waals surface area (Å²) in [6.45, 7) is 5.58. The zero-order valence-electron chi connectivity index (χ0n) is 17.6. The van der Waals surface area contributed by atoms with Crippen LogP contribution in [0.4, 0.5) is 0 Å². The van der Waals surface area contributed by atoms with Crippen molar-refractivity contribution in [2.75, 3.05) is 13.1 Å². The third-order valence-corrected chi connectivity index (χ3v) is 5.41. The maximum atomic E-state index is 13.1. The lowest BCUT2D eigenvalue weighted by Crippen LogP contribution is -2.56. The summed E-state index contributed by atoms with van der Waals surface area (Å²) in [7, 11) is 5.68. The van der Waals surface area contributed by atoms with Crippen LogP contribution in [-0.4, -0.2) is 47.2 Å². The minimum Gasteiger partial charge on any atom is -0.348 e. The zero-order chi connectivity index (χ0) is 22.2. The standard InChI is InChI=1S/C23H23BN4O3/c1-23(2)13-27(14-23)19(29)12-28-20-16(4-3-9-25-20)10-18(22(28)31)21(30)26-11-15-5-7-17(24)8-6-15/h3-10H,11-14H2,1-2H3,(H,26,30). The highest BCUT2D eigenvalue weighted by molar-refractivity contribution is 6.32. The summed E-state index contributed by atoms with van der Waals surface area (Å²) in [5, 5.41) is 3.39. The molecule has 0 spiro atoms. The fraction of sp³-hybridized carbons (Fsp3) is 0.304. The Kier molecular flexibility index (Phi) is 5.39. The van der Waals surface area contributed by atoms with Crippen LogP contribution in [0.3, 0.4) is 0 Å². The van der Waals surface area contributed by atoms with Gasteiger partial charge in [-0.05, 0) is 29.2 Å². The van der Waals surface area contributed by atoms with Crippen LogP contribution in [0.25, 0.3) is 11.0 Å². The highest BCUT2D eigenvalue weighted by Gasteiger charge is 2.37. The van der Waals surface area contributed by atoms with Gasteiger partial charge in [-0.15, -0.1) is 0 Å². The summed E-state index contributed by atoms with van der Waals surface area (Å²) in [4.78, 5) is 44.7. The first-order chi connectivity index (χ1) is 14.7. The number of carbonyl (C=O) groups excluding carboxylic acids is 2.